The number of nitrogens with zero attached hydrogens (tertiary/aromatic N) is 1. The second-order valence-electron chi connectivity index (χ2n) is 11.4. The van der Waals surface area contributed by atoms with E-state index < -0.39 is 0 Å². The second-order valence-corrected chi connectivity index (χ2v) is 13.1. The van der Waals surface area contributed by atoms with Crippen LogP contribution in [0.5, 0.6) is 5.75 Å². The lowest BCUT2D eigenvalue weighted by atomic mass is 9.49. The number of amides is 3. The molecule has 7 rings (SSSR count). The predicted molar refractivity (Wildman–Crippen MR) is 156 cm³/mol. The van der Waals surface area contributed by atoms with Crippen LogP contribution in [0.3, 0.4) is 0 Å². The van der Waals surface area contributed by atoms with Crippen molar-refractivity contribution in [1.29, 1.82) is 0 Å². The van der Waals surface area contributed by atoms with Gasteiger partial charge in [0.25, 0.3) is 11.8 Å². The highest BCUT2D eigenvalue weighted by Crippen LogP contribution is 2.60. The minimum atomic E-state index is -0.353. The van der Waals surface area contributed by atoms with Gasteiger partial charge in [-0.1, -0.05) is 41.6 Å². The second kappa shape index (κ2) is 10.4. The van der Waals surface area contributed by atoms with Gasteiger partial charge >= 0.3 is 0 Å². The summed E-state index contributed by atoms with van der Waals surface area (Å²) in [5.41, 5.74) is 5.17. The van der Waals surface area contributed by atoms with Crippen molar-refractivity contribution in [2.75, 3.05) is 11.9 Å². The van der Waals surface area contributed by atoms with Gasteiger partial charge in [-0.05, 0) is 111 Å². The van der Waals surface area contributed by atoms with Crippen molar-refractivity contribution in [2.24, 2.45) is 23.2 Å². The summed E-state index contributed by atoms with van der Waals surface area (Å²) in [5, 5.41) is 4.05. The van der Waals surface area contributed by atoms with Crippen LogP contribution in [0.4, 0.5) is 5.69 Å². The molecule has 4 aliphatic carbocycles. The number of nitrogens with one attached hydrogen (secondary N) is 2. The molecule has 4 bridgehead atoms. The number of hydrogen-bond acceptors (Lipinski definition) is 6. The summed E-state index contributed by atoms with van der Waals surface area (Å²) in [5.74, 6) is 1.86. The summed E-state index contributed by atoms with van der Waals surface area (Å²) >= 11 is 6.65. The largest absolute Gasteiger partial charge is 0.484 e. The van der Waals surface area contributed by atoms with Gasteiger partial charge in [-0.2, -0.15) is 5.01 Å². The van der Waals surface area contributed by atoms with Gasteiger partial charge in [0, 0.05) is 5.69 Å². The molecule has 0 spiro atoms. The lowest BCUT2D eigenvalue weighted by molar-refractivity contribution is -0.152. The van der Waals surface area contributed by atoms with Crippen molar-refractivity contribution in [3.05, 3.63) is 64.6 Å². The van der Waals surface area contributed by atoms with Crippen LogP contribution in [0.1, 0.15) is 49.7 Å². The Kier molecular flexibility index (Phi) is 6.97. The van der Waals surface area contributed by atoms with Crippen LogP contribution in [0.15, 0.2) is 53.4 Å². The van der Waals surface area contributed by atoms with Gasteiger partial charge in [0.1, 0.15) is 5.75 Å². The zero-order chi connectivity index (χ0) is 27.1. The lowest BCUT2D eigenvalue weighted by Gasteiger charge is -2.55. The molecule has 1 aliphatic heterocycles. The van der Waals surface area contributed by atoms with Gasteiger partial charge in [-0.15, -0.1) is 0 Å². The smallest absolute Gasteiger partial charge is 0.285 e. The van der Waals surface area contributed by atoms with E-state index in [4.69, 9.17) is 17.0 Å². The van der Waals surface area contributed by atoms with Gasteiger partial charge in [-0.25, -0.2) is 0 Å². The maximum absolute atomic E-state index is 13.4. The Morgan fingerprint density at radius 3 is 2.26 bits per heavy atom. The molecule has 39 heavy (non-hydrogen) atoms. The third kappa shape index (κ3) is 5.47. The van der Waals surface area contributed by atoms with Gasteiger partial charge < -0.3 is 10.1 Å². The molecule has 2 N–H and O–H groups in total. The molecular formula is C30H31N3O4S2. The Balaban J connectivity index is 1.04. The van der Waals surface area contributed by atoms with Crippen LogP contribution >= 0.6 is 24.0 Å². The van der Waals surface area contributed by atoms with Crippen LogP contribution in [0.25, 0.3) is 6.08 Å². The first-order chi connectivity index (χ1) is 18.8. The molecular weight excluding hydrogens is 530 g/mol. The van der Waals surface area contributed by atoms with Gasteiger partial charge in [0.15, 0.2) is 10.9 Å². The van der Waals surface area contributed by atoms with Crippen molar-refractivity contribution in [3.8, 4) is 5.75 Å². The first kappa shape index (κ1) is 26.1. The minimum Gasteiger partial charge on any atom is -0.484 e. The minimum absolute atomic E-state index is 0.0490. The lowest BCUT2D eigenvalue weighted by Crippen LogP contribution is -2.57. The quantitative estimate of drug-likeness (QED) is 0.345. The molecule has 7 nitrogen and oxygen atoms in total. The van der Waals surface area contributed by atoms with E-state index in [2.05, 4.69) is 10.7 Å². The number of aryl methyl sites for hydroxylation is 1. The standard InChI is InChI=1S/C30H31N3O4S2/c1-18-2-6-23(7-3-18)31-26(34)17-37-24-8-4-19(5-9-24)13-25-27(35)33(29(38)39-25)32-28(36)30-14-20-10-21(15-30)12-22(11-20)16-30/h2-9,13,20-22H,10-12,14-17H2,1H3,(H,31,34)(H,32,36)/b25-13+. The van der Waals surface area contributed by atoms with E-state index in [1.807, 2.05) is 43.3 Å². The SMILES string of the molecule is Cc1ccc(NC(=O)COc2ccc(/C=C3/SC(=S)N(NC(=O)C45CC6CC(CC(C6)C4)C5)C3=O)cc2)cc1. The number of thiocarbonyl (C=S) groups is 1. The van der Waals surface area contributed by atoms with E-state index in [9.17, 15) is 14.4 Å². The molecule has 0 radical (unpaired) electrons. The summed E-state index contributed by atoms with van der Waals surface area (Å²) in [6.07, 6.45) is 8.29. The van der Waals surface area contributed by atoms with E-state index in [-0.39, 0.29) is 29.7 Å². The van der Waals surface area contributed by atoms with Crippen molar-refractivity contribution in [2.45, 2.75) is 45.4 Å². The van der Waals surface area contributed by atoms with E-state index in [0.717, 1.165) is 36.1 Å². The maximum Gasteiger partial charge on any atom is 0.285 e. The number of rotatable bonds is 7. The third-order valence-corrected chi connectivity index (χ3v) is 9.71. The highest BCUT2D eigenvalue weighted by Gasteiger charge is 2.55. The van der Waals surface area contributed by atoms with Crippen molar-refractivity contribution < 1.29 is 19.1 Å². The van der Waals surface area contributed by atoms with Gasteiger partial charge in [-0.3, -0.25) is 19.8 Å². The van der Waals surface area contributed by atoms with Crippen LogP contribution in [0, 0.1) is 30.1 Å². The molecule has 202 valence electrons. The molecule has 2 aromatic rings. The zero-order valence-electron chi connectivity index (χ0n) is 21.8. The molecule has 2 aromatic carbocycles. The number of benzene rings is 2. The fraction of sp³-hybridized carbons (Fsp3) is 0.400. The fourth-order valence-corrected chi connectivity index (χ4v) is 8.15. The number of ether oxygens (including phenoxy) is 1. The number of carbonyl (C=O) groups is 3. The highest BCUT2D eigenvalue weighted by atomic mass is 32.2. The average molecular weight is 562 g/mol. The molecule has 1 heterocycles. The summed E-state index contributed by atoms with van der Waals surface area (Å²) in [7, 11) is 0. The van der Waals surface area contributed by atoms with E-state index in [0.29, 0.717) is 32.7 Å². The molecule has 0 atom stereocenters. The summed E-state index contributed by atoms with van der Waals surface area (Å²) in [6.45, 7) is 1.87. The first-order valence-electron chi connectivity index (χ1n) is 13.4. The molecule has 1 saturated heterocycles. The molecule has 0 aromatic heterocycles. The number of thioether (sulfide) groups is 1. The van der Waals surface area contributed by atoms with E-state index in [1.54, 1.807) is 18.2 Å². The Morgan fingerprint density at radius 2 is 1.64 bits per heavy atom. The van der Waals surface area contributed by atoms with Crippen molar-refractivity contribution >= 4 is 57.8 Å². The fourth-order valence-electron chi connectivity index (χ4n) is 6.97. The Bertz CT molecular complexity index is 1320. The topological polar surface area (TPSA) is 87.7 Å². The summed E-state index contributed by atoms with van der Waals surface area (Å²) < 4.78 is 5.94. The number of hydrazine groups is 1. The van der Waals surface area contributed by atoms with E-state index >= 15 is 0 Å². The zero-order valence-corrected chi connectivity index (χ0v) is 23.4. The van der Waals surface area contributed by atoms with Gasteiger partial charge in [0.2, 0.25) is 5.91 Å². The van der Waals surface area contributed by atoms with Gasteiger partial charge in [0.05, 0.1) is 10.3 Å². The molecule has 3 amide bonds. The summed E-state index contributed by atoms with van der Waals surface area (Å²) in [4.78, 5) is 39.2. The van der Waals surface area contributed by atoms with Crippen LogP contribution in [-0.4, -0.2) is 33.7 Å². The molecule has 0 unspecified atom stereocenters. The summed E-state index contributed by atoms with van der Waals surface area (Å²) in [6, 6.07) is 14.7. The molecule has 5 aliphatic rings. The molecule has 5 fully saturated rings. The predicted octanol–water partition coefficient (Wildman–Crippen LogP) is 5.46. The monoisotopic (exact) mass is 561 g/mol. The molecule has 9 heteroatoms. The Hall–Kier alpha value is -3.17. The highest BCUT2D eigenvalue weighted by molar-refractivity contribution is 8.26. The van der Waals surface area contributed by atoms with E-state index in [1.165, 1.54) is 36.0 Å². The average Bonchev–Trinajstić information content (AvgIpc) is 3.16. The normalized spacial score (nSPS) is 28.2. The van der Waals surface area contributed by atoms with Crippen molar-refractivity contribution in [3.63, 3.8) is 0 Å². The number of carbonyl (C=O) groups excluding carboxylic acids is 3. The van der Waals surface area contributed by atoms with Crippen LogP contribution in [-0.2, 0) is 14.4 Å². The number of anilines is 1. The van der Waals surface area contributed by atoms with Crippen molar-refractivity contribution in [1.82, 2.24) is 10.4 Å². The molecule has 4 saturated carbocycles. The number of hydrogen-bond donors (Lipinski definition) is 2. The Morgan fingerprint density at radius 1 is 1.03 bits per heavy atom. The Labute approximate surface area is 237 Å². The maximum atomic E-state index is 13.4. The van der Waals surface area contributed by atoms with Crippen LogP contribution < -0.4 is 15.5 Å². The first-order valence-corrected chi connectivity index (χ1v) is 14.7. The third-order valence-electron chi connectivity index (χ3n) is 8.41. The van der Waals surface area contributed by atoms with Crippen LogP contribution in [0.2, 0.25) is 0 Å².